The Balaban J connectivity index is 1.16. The number of fused-ring (bicyclic) bond motifs is 3. The lowest BCUT2D eigenvalue weighted by molar-refractivity contribution is -0.193. The highest BCUT2D eigenvalue weighted by molar-refractivity contribution is 5.99. The Bertz CT molecular complexity index is 1520. The minimum absolute atomic E-state index is 0.112. The van der Waals surface area contributed by atoms with Crippen molar-refractivity contribution in [1.29, 1.82) is 0 Å². The lowest BCUT2D eigenvalue weighted by atomic mass is 9.90. The molecule has 2 aromatic carbocycles. The van der Waals surface area contributed by atoms with Gasteiger partial charge in [0.25, 0.3) is 0 Å². The Morgan fingerprint density at radius 2 is 1.66 bits per heavy atom. The Kier molecular flexibility index (Phi) is 8.58. The van der Waals surface area contributed by atoms with E-state index in [0.717, 1.165) is 30.5 Å². The summed E-state index contributed by atoms with van der Waals surface area (Å²) in [5, 5.41) is 7.93. The summed E-state index contributed by atoms with van der Waals surface area (Å²) in [6, 6.07) is 20.5. The second-order valence-electron chi connectivity index (χ2n) is 9.88. The van der Waals surface area contributed by atoms with Gasteiger partial charge in [-0.15, -0.1) is 0 Å². The number of esters is 2. The van der Waals surface area contributed by atoms with Gasteiger partial charge in [-0.1, -0.05) is 54.6 Å². The SMILES string of the molecule is O=C(OC(=O)C(F)(F)F)c1c2c(nn1CCCNCCCc1ccc(-c3ccccc3)cc1)-c1ccncc1CC2. The average molecular weight is 563 g/mol. The quantitative estimate of drug-likeness (QED) is 0.155. The fraction of sp³-hybridized carbons (Fsp3) is 0.290. The van der Waals surface area contributed by atoms with Crippen molar-refractivity contribution in [3.05, 3.63) is 95.4 Å². The Morgan fingerprint density at radius 3 is 2.41 bits per heavy atom. The highest BCUT2D eigenvalue weighted by atomic mass is 19.4. The molecule has 0 spiro atoms. The Labute approximate surface area is 235 Å². The van der Waals surface area contributed by atoms with Crippen LogP contribution in [0.2, 0.25) is 0 Å². The van der Waals surface area contributed by atoms with Crippen molar-refractivity contribution < 1.29 is 27.5 Å². The zero-order valence-corrected chi connectivity index (χ0v) is 22.3. The second kappa shape index (κ2) is 12.5. The Hall–Kier alpha value is -4.31. The van der Waals surface area contributed by atoms with E-state index in [4.69, 9.17) is 0 Å². The fourth-order valence-electron chi connectivity index (χ4n) is 5.04. The molecule has 0 saturated heterocycles. The molecule has 0 atom stereocenters. The summed E-state index contributed by atoms with van der Waals surface area (Å²) in [5.74, 6) is -3.88. The number of hydrogen-bond donors (Lipinski definition) is 1. The molecule has 0 aliphatic heterocycles. The van der Waals surface area contributed by atoms with Crippen molar-refractivity contribution in [2.45, 2.75) is 44.8 Å². The molecule has 2 aromatic heterocycles. The summed E-state index contributed by atoms with van der Waals surface area (Å²) in [5.41, 5.74) is 6.20. The average Bonchev–Trinajstić information content (AvgIpc) is 3.36. The zero-order chi connectivity index (χ0) is 28.8. The number of carbonyl (C=O) groups excluding carboxylic acids is 2. The molecule has 7 nitrogen and oxygen atoms in total. The third kappa shape index (κ3) is 6.71. The maximum atomic E-state index is 12.8. The molecule has 0 unspecified atom stereocenters. The van der Waals surface area contributed by atoms with Crippen LogP contribution in [0.5, 0.6) is 0 Å². The van der Waals surface area contributed by atoms with E-state index in [2.05, 4.69) is 56.5 Å². The number of aryl methyl sites for hydroxylation is 3. The Morgan fingerprint density at radius 1 is 0.927 bits per heavy atom. The highest BCUT2D eigenvalue weighted by Crippen LogP contribution is 2.34. The molecule has 1 aliphatic carbocycles. The molecule has 212 valence electrons. The van der Waals surface area contributed by atoms with E-state index in [9.17, 15) is 22.8 Å². The van der Waals surface area contributed by atoms with E-state index < -0.39 is 18.1 Å². The third-order valence-corrected chi connectivity index (χ3v) is 7.07. The van der Waals surface area contributed by atoms with Gasteiger partial charge in [0.15, 0.2) is 5.69 Å². The van der Waals surface area contributed by atoms with Crippen molar-refractivity contribution in [3.63, 3.8) is 0 Å². The van der Waals surface area contributed by atoms with E-state index >= 15 is 0 Å². The van der Waals surface area contributed by atoms with Crippen LogP contribution in [-0.4, -0.2) is 46.0 Å². The minimum Gasteiger partial charge on any atom is -0.381 e. The first-order valence-electron chi connectivity index (χ1n) is 13.5. The van der Waals surface area contributed by atoms with E-state index in [1.807, 2.05) is 18.2 Å². The van der Waals surface area contributed by atoms with Crippen LogP contribution in [0, 0.1) is 0 Å². The molecule has 0 amide bonds. The number of alkyl halides is 3. The molecule has 0 bridgehead atoms. The van der Waals surface area contributed by atoms with E-state index in [-0.39, 0.29) is 12.2 Å². The zero-order valence-electron chi connectivity index (χ0n) is 22.3. The first kappa shape index (κ1) is 28.2. The van der Waals surface area contributed by atoms with Crippen LogP contribution in [0.4, 0.5) is 13.2 Å². The van der Waals surface area contributed by atoms with Gasteiger partial charge in [-0.05, 0) is 73.5 Å². The lowest BCUT2D eigenvalue weighted by Crippen LogP contribution is -2.29. The van der Waals surface area contributed by atoms with Gasteiger partial charge in [-0.25, -0.2) is 9.59 Å². The van der Waals surface area contributed by atoms with Crippen LogP contribution < -0.4 is 5.32 Å². The molecular weight excluding hydrogens is 533 g/mol. The number of aromatic nitrogens is 3. The summed E-state index contributed by atoms with van der Waals surface area (Å²) in [7, 11) is 0. The van der Waals surface area contributed by atoms with Crippen LogP contribution in [0.25, 0.3) is 22.4 Å². The van der Waals surface area contributed by atoms with Gasteiger partial charge in [0.05, 0.1) is 5.69 Å². The molecule has 2 heterocycles. The van der Waals surface area contributed by atoms with Gasteiger partial charge in [-0.3, -0.25) is 9.67 Å². The summed E-state index contributed by atoms with van der Waals surface area (Å²) in [6.07, 6.45) is 1.39. The first-order valence-corrected chi connectivity index (χ1v) is 13.5. The molecule has 1 N–H and O–H groups in total. The number of nitrogens with zero attached hydrogens (tertiary/aromatic N) is 3. The fourth-order valence-corrected chi connectivity index (χ4v) is 5.04. The maximum absolute atomic E-state index is 12.8. The van der Waals surface area contributed by atoms with Gasteiger partial charge < -0.3 is 10.1 Å². The van der Waals surface area contributed by atoms with Crippen LogP contribution in [0.1, 0.15) is 40.0 Å². The van der Waals surface area contributed by atoms with Crippen LogP contribution in [0.15, 0.2) is 73.1 Å². The summed E-state index contributed by atoms with van der Waals surface area (Å²) < 4.78 is 43.9. The van der Waals surface area contributed by atoms with Crippen molar-refractivity contribution >= 4 is 11.9 Å². The number of hydrogen-bond acceptors (Lipinski definition) is 6. The minimum atomic E-state index is -5.27. The number of rotatable bonds is 10. The summed E-state index contributed by atoms with van der Waals surface area (Å²) >= 11 is 0. The molecule has 4 aromatic rings. The molecule has 0 saturated carbocycles. The molecular formula is C31H29F3N4O3. The predicted molar refractivity (Wildman–Crippen MR) is 147 cm³/mol. The predicted octanol–water partition coefficient (Wildman–Crippen LogP) is 5.57. The van der Waals surface area contributed by atoms with Gasteiger partial charge in [0.2, 0.25) is 0 Å². The van der Waals surface area contributed by atoms with E-state index in [1.165, 1.54) is 21.4 Å². The number of pyridine rings is 1. The van der Waals surface area contributed by atoms with Crippen LogP contribution in [-0.2, 0) is 35.3 Å². The first-order chi connectivity index (χ1) is 19.8. The maximum Gasteiger partial charge on any atom is 0.491 e. The number of halogens is 3. The van der Waals surface area contributed by atoms with Crippen molar-refractivity contribution in [3.8, 4) is 22.4 Å². The smallest absolute Gasteiger partial charge is 0.381 e. The number of carbonyl (C=O) groups is 2. The van der Waals surface area contributed by atoms with Gasteiger partial charge in [0, 0.05) is 30.1 Å². The normalized spacial score (nSPS) is 12.5. The monoisotopic (exact) mass is 562 g/mol. The molecule has 10 heteroatoms. The standard InChI is InChI=1S/C31H29F3N4O3/c32-31(33,34)30(40)41-29(39)28-26-14-13-24-20-36-18-15-25(24)27(26)37-38(28)19-5-17-35-16-4-6-21-9-11-23(12-10-21)22-7-2-1-3-8-22/h1-3,7-12,15,18,20,35H,4-6,13-14,16-17,19H2. The molecule has 0 fully saturated rings. The van der Waals surface area contributed by atoms with Gasteiger partial charge in [0.1, 0.15) is 0 Å². The number of nitrogens with one attached hydrogen (secondary N) is 1. The molecule has 5 rings (SSSR count). The topological polar surface area (TPSA) is 86.1 Å². The lowest BCUT2D eigenvalue weighted by Gasteiger charge is -2.15. The number of ether oxygens (including phenoxy) is 1. The van der Waals surface area contributed by atoms with Crippen LogP contribution in [0.3, 0.4) is 0 Å². The van der Waals surface area contributed by atoms with Crippen LogP contribution >= 0.6 is 0 Å². The summed E-state index contributed by atoms with van der Waals surface area (Å²) in [6.45, 7) is 1.67. The summed E-state index contributed by atoms with van der Waals surface area (Å²) in [4.78, 5) is 28.2. The largest absolute Gasteiger partial charge is 0.491 e. The highest BCUT2D eigenvalue weighted by Gasteiger charge is 2.43. The molecule has 0 radical (unpaired) electrons. The van der Waals surface area contributed by atoms with Crippen molar-refractivity contribution in [2.75, 3.05) is 13.1 Å². The van der Waals surface area contributed by atoms with E-state index in [0.29, 0.717) is 37.1 Å². The van der Waals surface area contributed by atoms with Gasteiger partial charge in [-0.2, -0.15) is 18.3 Å². The number of benzene rings is 2. The third-order valence-electron chi connectivity index (χ3n) is 7.07. The van der Waals surface area contributed by atoms with E-state index in [1.54, 1.807) is 18.5 Å². The molecule has 1 aliphatic rings. The van der Waals surface area contributed by atoms with Crippen molar-refractivity contribution in [2.24, 2.45) is 0 Å². The molecule has 41 heavy (non-hydrogen) atoms. The van der Waals surface area contributed by atoms with Gasteiger partial charge >= 0.3 is 18.1 Å². The second-order valence-corrected chi connectivity index (χ2v) is 9.88. The van der Waals surface area contributed by atoms with Crippen molar-refractivity contribution in [1.82, 2.24) is 20.1 Å².